The molecule has 2 aromatic rings. The molecule has 0 aliphatic heterocycles. The second-order valence-corrected chi connectivity index (χ2v) is 3.90. The van der Waals surface area contributed by atoms with Gasteiger partial charge in [-0.3, -0.25) is 4.98 Å². The summed E-state index contributed by atoms with van der Waals surface area (Å²) in [6.07, 6.45) is 2.24. The van der Waals surface area contributed by atoms with Crippen molar-refractivity contribution in [2.45, 2.75) is 6.23 Å². The Morgan fingerprint density at radius 1 is 1.21 bits per heavy atom. The fourth-order valence-corrected chi connectivity index (χ4v) is 1.58. The monoisotopic (exact) mass is 257 g/mol. The number of amidine groups is 1. The van der Waals surface area contributed by atoms with Gasteiger partial charge in [0.15, 0.2) is 6.23 Å². The molecule has 0 bridgehead atoms. The van der Waals surface area contributed by atoms with Gasteiger partial charge in [0, 0.05) is 23.5 Å². The largest absolute Gasteiger partial charge is 0.497 e. The smallest absolute Gasteiger partial charge is 0.173 e. The summed E-state index contributed by atoms with van der Waals surface area (Å²) in [5.41, 5.74) is 7.20. The van der Waals surface area contributed by atoms with Crippen molar-refractivity contribution >= 4 is 5.84 Å². The molecular formula is C14H15N3O2. The minimum Gasteiger partial charge on any atom is -0.497 e. The van der Waals surface area contributed by atoms with Crippen molar-refractivity contribution in [3.05, 3.63) is 59.9 Å². The number of hydrogen-bond donors (Lipinski definition) is 2. The van der Waals surface area contributed by atoms with Crippen LogP contribution in [0.25, 0.3) is 0 Å². The molecular weight excluding hydrogens is 242 g/mol. The van der Waals surface area contributed by atoms with E-state index in [0.29, 0.717) is 5.56 Å². The van der Waals surface area contributed by atoms with E-state index in [1.165, 1.54) is 0 Å². The number of benzene rings is 1. The van der Waals surface area contributed by atoms with Crippen LogP contribution in [0.4, 0.5) is 0 Å². The number of nitrogens with two attached hydrogens (primary N) is 1. The highest BCUT2D eigenvalue weighted by Gasteiger charge is 2.07. The molecule has 1 heterocycles. The number of methoxy groups -OCH3 is 1. The SMILES string of the molecule is COc1ccc(C(O)/N=C(\N)c2ccncc2)cc1. The zero-order valence-electron chi connectivity index (χ0n) is 10.5. The summed E-state index contributed by atoms with van der Waals surface area (Å²) in [6.45, 7) is 0. The Labute approximate surface area is 111 Å². The van der Waals surface area contributed by atoms with E-state index >= 15 is 0 Å². The van der Waals surface area contributed by atoms with Gasteiger partial charge in [0.1, 0.15) is 11.6 Å². The van der Waals surface area contributed by atoms with E-state index in [1.807, 2.05) is 0 Å². The molecule has 0 spiro atoms. The van der Waals surface area contributed by atoms with Crippen LogP contribution in [0.3, 0.4) is 0 Å². The summed E-state index contributed by atoms with van der Waals surface area (Å²) >= 11 is 0. The lowest BCUT2D eigenvalue weighted by atomic mass is 10.2. The standard InChI is InChI=1S/C14H15N3O2/c1-19-12-4-2-11(3-5-12)14(18)17-13(15)10-6-8-16-9-7-10/h2-9,14,18H,1H3,(H2,15,17). The maximum atomic E-state index is 9.99. The van der Waals surface area contributed by atoms with Crippen LogP contribution in [-0.2, 0) is 0 Å². The summed E-state index contributed by atoms with van der Waals surface area (Å²) in [5, 5.41) is 9.99. The van der Waals surface area contributed by atoms with Gasteiger partial charge in [-0.25, -0.2) is 4.99 Å². The number of aliphatic hydroxyl groups is 1. The van der Waals surface area contributed by atoms with Crippen molar-refractivity contribution in [2.75, 3.05) is 7.11 Å². The van der Waals surface area contributed by atoms with Gasteiger partial charge in [-0.05, 0) is 24.3 Å². The fourth-order valence-electron chi connectivity index (χ4n) is 1.58. The topological polar surface area (TPSA) is 80.7 Å². The normalized spacial score (nSPS) is 13.1. The van der Waals surface area contributed by atoms with Gasteiger partial charge in [0.2, 0.25) is 0 Å². The Kier molecular flexibility index (Phi) is 4.10. The molecule has 0 saturated carbocycles. The van der Waals surface area contributed by atoms with E-state index in [4.69, 9.17) is 10.5 Å². The summed E-state index contributed by atoms with van der Waals surface area (Å²) in [7, 11) is 1.59. The second kappa shape index (κ2) is 5.97. The summed E-state index contributed by atoms with van der Waals surface area (Å²) in [5.74, 6) is 0.993. The number of rotatable bonds is 4. The van der Waals surface area contributed by atoms with Crippen LogP contribution >= 0.6 is 0 Å². The Morgan fingerprint density at radius 3 is 2.42 bits per heavy atom. The first kappa shape index (κ1) is 13.0. The molecule has 5 heteroatoms. The lowest BCUT2D eigenvalue weighted by molar-refractivity contribution is 0.188. The van der Waals surface area contributed by atoms with Crippen LogP contribution in [0.1, 0.15) is 17.4 Å². The first-order valence-corrected chi connectivity index (χ1v) is 5.76. The van der Waals surface area contributed by atoms with Crippen molar-refractivity contribution in [3.8, 4) is 5.75 Å². The third kappa shape index (κ3) is 3.29. The van der Waals surface area contributed by atoms with Crippen LogP contribution in [0.2, 0.25) is 0 Å². The molecule has 0 amide bonds. The van der Waals surface area contributed by atoms with E-state index in [-0.39, 0.29) is 5.84 Å². The summed E-state index contributed by atoms with van der Waals surface area (Å²) in [6, 6.07) is 10.5. The molecule has 1 unspecified atom stereocenters. The lowest BCUT2D eigenvalue weighted by Gasteiger charge is -2.08. The van der Waals surface area contributed by atoms with Gasteiger partial charge in [-0.1, -0.05) is 12.1 Å². The molecule has 0 aliphatic rings. The maximum absolute atomic E-state index is 9.99. The van der Waals surface area contributed by atoms with Crippen LogP contribution in [0.5, 0.6) is 5.75 Å². The lowest BCUT2D eigenvalue weighted by Crippen LogP contribution is -2.15. The fraction of sp³-hybridized carbons (Fsp3) is 0.143. The second-order valence-electron chi connectivity index (χ2n) is 3.90. The Hall–Kier alpha value is -2.40. The molecule has 3 N–H and O–H groups in total. The predicted molar refractivity (Wildman–Crippen MR) is 72.9 cm³/mol. The number of ether oxygens (including phenoxy) is 1. The zero-order valence-corrected chi connectivity index (χ0v) is 10.5. The number of nitrogens with zero attached hydrogens (tertiary/aromatic N) is 2. The molecule has 0 fully saturated rings. The minimum atomic E-state index is -1.00. The highest BCUT2D eigenvalue weighted by molar-refractivity contribution is 5.97. The summed E-state index contributed by atoms with van der Waals surface area (Å²) < 4.78 is 5.05. The predicted octanol–water partition coefficient (Wildman–Crippen LogP) is 1.49. The molecule has 1 atom stereocenters. The average molecular weight is 257 g/mol. The number of hydrogen-bond acceptors (Lipinski definition) is 4. The number of aromatic nitrogens is 1. The van der Waals surface area contributed by atoms with Crippen LogP contribution in [-0.4, -0.2) is 23.0 Å². The van der Waals surface area contributed by atoms with Crippen molar-refractivity contribution in [3.63, 3.8) is 0 Å². The van der Waals surface area contributed by atoms with Gasteiger partial charge >= 0.3 is 0 Å². The van der Waals surface area contributed by atoms with E-state index < -0.39 is 6.23 Å². The molecule has 0 saturated heterocycles. The molecule has 0 radical (unpaired) electrons. The van der Waals surface area contributed by atoms with Gasteiger partial charge in [0.05, 0.1) is 7.11 Å². The van der Waals surface area contributed by atoms with E-state index in [0.717, 1.165) is 11.3 Å². The van der Waals surface area contributed by atoms with E-state index in [1.54, 1.807) is 55.9 Å². The van der Waals surface area contributed by atoms with Crippen molar-refractivity contribution in [2.24, 2.45) is 10.7 Å². The number of aliphatic hydroxyl groups excluding tert-OH is 1. The molecule has 1 aromatic heterocycles. The highest BCUT2D eigenvalue weighted by atomic mass is 16.5. The zero-order chi connectivity index (χ0) is 13.7. The molecule has 98 valence electrons. The Bertz CT molecular complexity index is 553. The maximum Gasteiger partial charge on any atom is 0.173 e. The first-order valence-electron chi connectivity index (χ1n) is 5.76. The third-order valence-corrected chi connectivity index (χ3v) is 2.65. The molecule has 19 heavy (non-hydrogen) atoms. The minimum absolute atomic E-state index is 0.269. The van der Waals surface area contributed by atoms with Gasteiger partial charge in [-0.15, -0.1) is 0 Å². The first-order chi connectivity index (χ1) is 9.20. The van der Waals surface area contributed by atoms with Crippen LogP contribution in [0, 0.1) is 0 Å². The van der Waals surface area contributed by atoms with Crippen molar-refractivity contribution < 1.29 is 9.84 Å². The molecule has 2 rings (SSSR count). The molecule has 0 aliphatic carbocycles. The average Bonchev–Trinajstić information content (AvgIpc) is 2.48. The molecule has 5 nitrogen and oxygen atoms in total. The van der Waals surface area contributed by atoms with Crippen LogP contribution < -0.4 is 10.5 Å². The highest BCUT2D eigenvalue weighted by Crippen LogP contribution is 2.18. The third-order valence-electron chi connectivity index (χ3n) is 2.65. The Balaban J connectivity index is 2.17. The van der Waals surface area contributed by atoms with Crippen LogP contribution in [0.15, 0.2) is 53.8 Å². The quantitative estimate of drug-likeness (QED) is 0.642. The van der Waals surface area contributed by atoms with Gasteiger partial charge in [-0.2, -0.15) is 0 Å². The van der Waals surface area contributed by atoms with Gasteiger partial charge in [0.25, 0.3) is 0 Å². The number of pyridine rings is 1. The number of aliphatic imine (C=N–C) groups is 1. The van der Waals surface area contributed by atoms with Crippen molar-refractivity contribution in [1.82, 2.24) is 4.98 Å². The Morgan fingerprint density at radius 2 is 1.84 bits per heavy atom. The van der Waals surface area contributed by atoms with E-state index in [9.17, 15) is 5.11 Å². The summed E-state index contributed by atoms with van der Waals surface area (Å²) in [4.78, 5) is 7.95. The van der Waals surface area contributed by atoms with E-state index in [2.05, 4.69) is 9.98 Å². The molecule has 1 aromatic carbocycles. The van der Waals surface area contributed by atoms with Crippen molar-refractivity contribution in [1.29, 1.82) is 0 Å². The van der Waals surface area contributed by atoms with Gasteiger partial charge < -0.3 is 15.6 Å².